The lowest BCUT2D eigenvalue weighted by Gasteiger charge is -2.37. The highest BCUT2D eigenvalue weighted by Gasteiger charge is 2.48. The SMILES string of the molecule is c1cc2c3c(c1)Oc1cc(-c4ccc(-c5cc6c7c(c5)Oc5cccc8c5B7c5c(cccc5O6)O8)cc4)cc4c1B3c1c(cccc1O4)O2. The van der Waals surface area contributed by atoms with E-state index in [1.54, 1.807) is 0 Å². The van der Waals surface area contributed by atoms with Crippen molar-refractivity contribution in [2.75, 3.05) is 0 Å². The van der Waals surface area contributed by atoms with E-state index in [9.17, 15) is 0 Å². The molecular formula is C42H20B2O6. The molecule has 0 amide bonds. The quantitative estimate of drug-likeness (QED) is 0.196. The molecule has 230 valence electrons. The average molecular weight is 642 g/mol. The highest BCUT2D eigenvalue weighted by atomic mass is 16.5. The van der Waals surface area contributed by atoms with Crippen LogP contribution in [0.1, 0.15) is 0 Å². The minimum absolute atomic E-state index is 0.00203. The summed E-state index contributed by atoms with van der Waals surface area (Å²) in [5, 5.41) is 0. The lowest BCUT2D eigenvalue weighted by atomic mass is 9.34. The van der Waals surface area contributed by atoms with E-state index in [4.69, 9.17) is 28.4 Å². The largest absolute Gasteiger partial charge is 0.458 e. The van der Waals surface area contributed by atoms with Gasteiger partial charge in [-0.2, -0.15) is 0 Å². The first-order valence-electron chi connectivity index (χ1n) is 16.8. The van der Waals surface area contributed by atoms with Gasteiger partial charge in [0.2, 0.25) is 0 Å². The first-order chi connectivity index (χ1) is 24.7. The summed E-state index contributed by atoms with van der Waals surface area (Å²) in [6, 6.07) is 41.2. The van der Waals surface area contributed by atoms with Gasteiger partial charge in [0.15, 0.2) is 0 Å². The third-order valence-electron chi connectivity index (χ3n) is 10.9. The molecule has 0 radical (unpaired) electrons. The molecule has 0 unspecified atom stereocenters. The predicted octanol–water partition coefficient (Wildman–Crippen LogP) is 6.69. The van der Waals surface area contributed by atoms with E-state index < -0.39 is 0 Å². The second kappa shape index (κ2) is 8.73. The highest BCUT2D eigenvalue weighted by molar-refractivity contribution is 7.00. The summed E-state index contributed by atoms with van der Waals surface area (Å²) in [6.45, 7) is -0.00407. The molecule has 0 aliphatic carbocycles. The van der Waals surface area contributed by atoms with Gasteiger partial charge in [0.25, 0.3) is 13.4 Å². The van der Waals surface area contributed by atoms with E-state index in [2.05, 4.69) is 48.5 Å². The molecule has 6 nitrogen and oxygen atoms in total. The molecule has 7 aromatic carbocycles. The maximum atomic E-state index is 6.56. The molecule has 0 saturated heterocycles. The fraction of sp³-hybridized carbons (Fsp3) is 0. The smallest absolute Gasteiger partial charge is 0.270 e. The van der Waals surface area contributed by atoms with E-state index in [0.29, 0.717) is 0 Å². The van der Waals surface area contributed by atoms with Crippen molar-refractivity contribution in [3.8, 4) is 91.2 Å². The molecule has 0 bridgehead atoms. The van der Waals surface area contributed by atoms with Gasteiger partial charge in [-0.05, 0) is 95.1 Å². The van der Waals surface area contributed by atoms with Crippen LogP contribution in [-0.2, 0) is 0 Å². The monoisotopic (exact) mass is 642 g/mol. The second-order valence-corrected chi connectivity index (χ2v) is 13.5. The lowest BCUT2D eigenvalue weighted by Crippen LogP contribution is -2.59. The van der Waals surface area contributed by atoms with E-state index in [1.807, 2.05) is 72.8 Å². The molecule has 6 heterocycles. The predicted molar refractivity (Wildman–Crippen MR) is 193 cm³/mol. The van der Waals surface area contributed by atoms with Gasteiger partial charge in [0.1, 0.15) is 69.0 Å². The second-order valence-electron chi connectivity index (χ2n) is 13.5. The Kier molecular flexibility index (Phi) is 4.45. The van der Waals surface area contributed by atoms with Crippen LogP contribution in [0.4, 0.5) is 0 Å². The summed E-state index contributed by atoms with van der Waals surface area (Å²) in [5.74, 6) is 9.83. The highest BCUT2D eigenvalue weighted by Crippen LogP contribution is 2.45. The Bertz CT molecular complexity index is 2400. The number of hydrogen-bond acceptors (Lipinski definition) is 6. The Morgan fingerprint density at radius 2 is 0.460 bits per heavy atom. The Balaban J connectivity index is 0.911. The molecule has 6 aliphatic heterocycles. The van der Waals surface area contributed by atoms with Crippen LogP contribution in [0.15, 0.2) is 121 Å². The van der Waals surface area contributed by atoms with Crippen LogP contribution in [0, 0.1) is 0 Å². The number of ether oxygens (including phenoxy) is 6. The molecule has 0 spiro atoms. The number of hydrogen-bond donors (Lipinski definition) is 0. The Hall–Kier alpha value is -6.53. The summed E-state index contributed by atoms with van der Waals surface area (Å²) < 4.78 is 38.9. The minimum Gasteiger partial charge on any atom is -0.458 e. The van der Waals surface area contributed by atoms with E-state index in [1.165, 1.54) is 0 Å². The van der Waals surface area contributed by atoms with Gasteiger partial charge >= 0.3 is 0 Å². The van der Waals surface area contributed by atoms with Crippen LogP contribution in [0.2, 0.25) is 0 Å². The maximum Gasteiger partial charge on any atom is 0.270 e. The number of benzene rings is 7. The van der Waals surface area contributed by atoms with Crippen molar-refractivity contribution in [2.24, 2.45) is 0 Å². The van der Waals surface area contributed by atoms with Crippen molar-refractivity contribution in [2.45, 2.75) is 0 Å². The third-order valence-corrected chi connectivity index (χ3v) is 10.9. The molecule has 7 aromatic rings. The Morgan fingerprint density at radius 1 is 0.240 bits per heavy atom. The molecule has 0 aromatic heterocycles. The zero-order valence-corrected chi connectivity index (χ0v) is 26.2. The summed E-state index contributed by atoms with van der Waals surface area (Å²) in [7, 11) is 0. The van der Waals surface area contributed by atoms with Gasteiger partial charge in [-0.3, -0.25) is 0 Å². The molecule has 50 heavy (non-hydrogen) atoms. The zero-order valence-electron chi connectivity index (χ0n) is 26.2. The van der Waals surface area contributed by atoms with Crippen molar-refractivity contribution < 1.29 is 28.4 Å². The Morgan fingerprint density at radius 3 is 0.720 bits per heavy atom. The van der Waals surface area contributed by atoms with Crippen LogP contribution in [0.5, 0.6) is 69.0 Å². The van der Waals surface area contributed by atoms with Crippen molar-refractivity contribution >= 4 is 46.2 Å². The average Bonchev–Trinajstić information content (AvgIpc) is 3.15. The van der Waals surface area contributed by atoms with E-state index in [0.717, 1.165) is 124 Å². The third kappa shape index (κ3) is 3.12. The van der Waals surface area contributed by atoms with Gasteiger partial charge in [-0.25, -0.2) is 0 Å². The Labute approximate surface area is 286 Å². The van der Waals surface area contributed by atoms with Crippen LogP contribution in [-0.4, -0.2) is 13.4 Å². The molecule has 13 rings (SSSR count). The van der Waals surface area contributed by atoms with Crippen molar-refractivity contribution in [3.05, 3.63) is 121 Å². The maximum absolute atomic E-state index is 6.56. The van der Waals surface area contributed by atoms with Crippen LogP contribution >= 0.6 is 0 Å². The fourth-order valence-corrected chi connectivity index (χ4v) is 8.82. The molecule has 0 N–H and O–H groups in total. The summed E-state index contributed by atoms with van der Waals surface area (Å²) >= 11 is 0. The van der Waals surface area contributed by atoms with Gasteiger partial charge in [-0.1, -0.05) is 48.5 Å². The van der Waals surface area contributed by atoms with Gasteiger partial charge < -0.3 is 28.4 Å². The van der Waals surface area contributed by atoms with Gasteiger partial charge in [0, 0.05) is 32.8 Å². The number of rotatable bonds is 2. The van der Waals surface area contributed by atoms with Gasteiger partial charge in [-0.15, -0.1) is 0 Å². The molecule has 0 saturated carbocycles. The zero-order chi connectivity index (χ0) is 32.2. The summed E-state index contributed by atoms with van der Waals surface area (Å²) in [6.07, 6.45) is 0. The molecule has 0 atom stereocenters. The first kappa shape index (κ1) is 25.5. The molecule has 8 heteroatoms. The van der Waals surface area contributed by atoms with E-state index in [-0.39, 0.29) is 13.4 Å². The van der Waals surface area contributed by atoms with Crippen molar-refractivity contribution in [1.29, 1.82) is 0 Å². The minimum atomic E-state index is -0.00203. The molecular weight excluding hydrogens is 622 g/mol. The summed E-state index contributed by atoms with van der Waals surface area (Å²) in [4.78, 5) is 0. The normalized spacial score (nSPS) is 14.5. The topological polar surface area (TPSA) is 55.4 Å². The summed E-state index contributed by atoms with van der Waals surface area (Å²) in [5.41, 5.74) is 10.5. The molecule has 6 aliphatic rings. The fourth-order valence-electron chi connectivity index (χ4n) is 8.82. The van der Waals surface area contributed by atoms with Gasteiger partial charge in [0.05, 0.1) is 0 Å². The molecule has 0 fully saturated rings. The lowest BCUT2D eigenvalue weighted by molar-refractivity contribution is 0.442. The van der Waals surface area contributed by atoms with E-state index >= 15 is 0 Å². The standard InChI is InChI=1S/C42H20B2O6/c1-5-25-37-29(9-1)47-33-17-23(18-34-41(33)43(37)38-26(45-25)6-2-10-30(38)48-34)21-13-15-22(16-14-21)24-19-35-42-36(20-24)50-32-12-4-8-28-40(32)44(42)39-27(46-28)7-3-11-31(39)49-35/h1-20H. The van der Waals surface area contributed by atoms with Crippen LogP contribution < -0.4 is 61.2 Å². The van der Waals surface area contributed by atoms with Crippen LogP contribution in [0.25, 0.3) is 22.3 Å². The first-order valence-corrected chi connectivity index (χ1v) is 16.8. The van der Waals surface area contributed by atoms with Crippen molar-refractivity contribution in [3.63, 3.8) is 0 Å². The van der Waals surface area contributed by atoms with Crippen molar-refractivity contribution in [1.82, 2.24) is 0 Å². The van der Waals surface area contributed by atoms with Crippen LogP contribution in [0.3, 0.4) is 0 Å².